The minimum atomic E-state index is -0.981. The fourth-order valence-corrected chi connectivity index (χ4v) is 7.87. The van der Waals surface area contributed by atoms with Gasteiger partial charge in [-0.25, -0.2) is 0 Å². The van der Waals surface area contributed by atoms with Gasteiger partial charge in [0.2, 0.25) is 11.8 Å². The molecule has 0 radical (unpaired) electrons. The second kappa shape index (κ2) is 31.3. The minimum absolute atomic E-state index is 0. The lowest BCUT2D eigenvalue weighted by Crippen LogP contribution is -2.52. The highest BCUT2D eigenvalue weighted by atomic mass is 16.6. The zero-order valence-electron chi connectivity index (χ0n) is 42.5. The van der Waals surface area contributed by atoms with Crippen LogP contribution in [0.5, 0.6) is 0 Å². The van der Waals surface area contributed by atoms with Crippen LogP contribution in [0, 0.1) is 35.5 Å². The van der Waals surface area contributed by atoms with E-state index in [1.807, 2.05) is 137 Å². The van der Waals surface area contributed by atoms with Gasteiger partial charge in [0.1, 0.15) is 18.8 Å². The van der Waals surface area contributed by atoms with Crippen LogP contribution in [0.25, 0.3) is 0 Å². The van der Waals surface area contributed by atoms with E-state index in [0.29, 0.717) is 0 Å². The fourth-order valence-electron chi connectivity index (χ4n) is 7.87. The molecule has 14 heteroatoms. The topological polar surface area (TPSA) is 175 Å². The van der Waals surface area contributed by atoms with Crippen molar-refractivity contribution < 1.29 is 57.6 Å². The third-order valence-electron chi connectivity index (χ3n) is 12.1. The maximum Gasteiger partial charge on any atom is 0.309 e. The standard InChI is InChI=1S/C28H45NO6.C24H37NO6.CH4/c1-10-20(4)26(23(33-9)17-25(31)35-28(5,6)7)29(8)27(32)22(19(2)3)16-24(30)34-18-21-14-12-11-13-15-21;1-7-17(4)23(20(30-6)14-21(26)27)25(5)24(29)19(16(2)3)13-22(28)31-15-18-11-9-8-10-12-18;/h11-15,19-20,22-23,26H,10,16-18H2,1-9H3;8-12,16-17,19-20,23H,7,13-15H2,1-6H3,(H,26,27);1H4/t20-,22?,23+,26-;17-,19?,20+,23-;/m00./s1. The number of carboxylic acid groups (broad SMARTS) is 1. The van der Waals surface area contributed by atoms with Crippen molar-refractivity contribution in [3.8, 4) is 0 Å². The molecule has 2 rings (SSSR count). The summed E-state index contributed by atoms with van der Waals surface area (Å²) in [6.07, 6.45) is 0.170. The van der Waals surface area contributed by atoms with Crippen molar-refractivity contribution in [2.24, 2.45) is 35.5 Å². The zero-order valence-corrected chi connectivity index (χ0v) is 42.5. The van der Waals surface area contributed by atoms with Gasteiger partial charge >= 0.3 is 23.9 Å². The highest BCUT2D eigenvalue weighted by molar-refractivity contribution is 5.85. The first kappa shape index (κ1) is 62.2. The van der Waals surface area contributed by atoms with Gasteiger partial charge in [-0.05, 0) is 55.6 Å². The minimum Gasteiger partial charge on any atom is -0.481 e. The summed E-state index contributed by atoms with van der Waals surface area (Å²) < 4.78 is 27.5. The Hall–Kier alpha value is -4.82. The van der Waals surface area contributed by atoms with E-state index in [0.717, 1.165) is 24.0 Å². The summed E-state index contributed by atoms with van der Waals surface area (Å²) in [6, 6.07) is 18.1. The Balaban J connectivity index is 0.00000129. The van der Waals surface area contributed by atoms with Crippen LogP contribution >= 0.6 is 0 Å². The molecule has 8 atom stereocenters. The van der Waals surface area contributed by atoms with E-state index in [2.05, 4.69) is 0 Å². The number of rotatable bonds is 26. The number of methoxy groups -OCH3 is 2. The number of amides is 2. The fraction of sp³-hybridized carbons (Fsp3) is 0.660. The Bertz CT molecular complexity index is 1760. The number of hydrogen-bond acceptors (Lipinski definition) is 11. The molecule has 380 valence electrons. The molecule has 0 aliphatic carbocycles. The van der Waals surface area contributed by atoms with Crippen LogP contribution in [0.3, 0.4) is 0 Å². The summed E-state index contributed by atoms with van der Waals surface area (Å²) in [5.74, 6) is -3.74. The predicted molar refractivity (Wildman–Crippen MR) is 261 cm³/mol. The quantitative estimate of drug-likeness (QED) is 0.0700. The number of likely N-dealkylation sites (N-methyl/N-ethyl adjacent to an activating group) is 2. The first-order valence-electron chi connectivity index (χ1n) is 23.3. The Morgan fingerprint density at radius 3 is 1.19 bits per heavy atom. The lowest BCUT2D eigenvalue weighted by Gasteiger charge is -2.39. The van der Waals surface area contributed by atoms with Gasteiger partial charge in [0.05, 0.1) is 61.8 Å². The second-order valence-electron chi connectivity index (χ2n) is 19.0. The van der Waals surface area contributed by atoms with Crippen LogP contribution in [0.2, 0.25) is 0 Å². The lowest BCUT2D eigenvalue weighted by atomic mass is 9.87. The second-order valence-corrected chi connectivity index (χ2v) is 19.0. The van der Waals surface area contributed by atoms with Crippen molar-refractivity contribution in [2.75, 3.05) is 28.3 Å². The SMILES string of the molecule is C.CC[C@H](C)[C@@H]([C@@H](CC(=O)O)OC)N(C)C(=O)C(CC(=O)OCc1ccccc1)C(C)C.CC[C@H](C)[C@@H]([C@@H](CC(=O)OC(C)(C)C)OC)N(C)C(=O)C(CC(=O)OCc1ccccc1)C(C)C. The molecule has 2 amide bonds. The van der Waals surface area contributed by atoms with Crippen LogP contribution in [0.15, 0.2) is 60.7 Å². The Morgan fingerprint density at radius 1 is 0.567 bits per heavy atom. The summed E-state index contributed by atoms with van der Waals surface area (Å²) in [6.45, 7) is 21.5. The van der Waals surface area contributed by atoms with Gasteiger partial charge in [-0.2, -0.15) is 0 Å². The molecule has 2 unspecified atom stereocenters. The van der Waals surface area contributed by atoms with E-state index in [4.69, 9.17) is 23.7 Å². The van der Waals surface area contributed by atoms with Crippen LogP contribution in [0.4, 0.5) is 0 Å². The third kappa shape index (κ3) is 22.2. The number of ether oxygens (including phenoxy) is 5. The van der Waals surface area contributed by atoms with Crippen molar-refractivity contribution in [2.45, 2.75) is 165 Å². The lowest BCUT2D eigenvalue weighted by molar-refractivity contribution is -0.161. The molecule has 0 fully saturated rings. The summed E-state index contributed by atoms with van der Waals surface area (Å²) in [7, 11) is 6.40. The van der Waals surface area contributed by atoms with Crippen molar-refractivity contribution in [3.63, 3.8) is 0 Å². The van der Waals surface area contributed by atoms with Crippen LogP contribution in [-0.4, -0.2) is 109 Å². The van der Waals surface area contributed by atoms with Gasteiger partial charge in [0, 0.05) is 28.3 Å². The van der Waals surface area contributed by atoms with Crippen LogP contribution in [-0.2, 0) is 65.7 Å². The number of carbonyl (C=O) groups is 6. The van der Waals surface area contributed by atoms with Gasteiger partial charge in [-0.15, -0.1) is 0 Å². The summed E-state index contributed by atoms with van der Waals surface area (Å²) in [5.41, 5.74) is 1.17. The van der Waals surface area contributed by atoms with E-state index < -0.39 is 53.6 Å². The molecule has 2 aromatic rings. The van der Waals surface area contributed by atoms with Crippen molar-refractivity contribution in [1.82, 2.24) is 9.80 Å². The normalized spacial score (nSPS) is 14.9. The van der Waals surface area contributed by atoms with Gasteiger partial charge in [0.15, 0.2) is 0 Å². The maximum absolute atomic E-state index is 13.6. The Labute approximate surface area is 402 Å². The highest BCUT2D eigenvalue weighted by Crippen LogP contribution is 2.29. The van der Waals surface area contributed by atoms with Gasteiger partial charge in [-0.1, -0.05) is 136 Å². The average molecular weight is 943 g/mol. The number of nitrogens with zero attached hydrogens (tertiary/aromatic N) is 2. The zero-order chi connectivity index (χ0) is 50.3. The van der Waals surface area contributed by atoms with E-state index >= 15 is 0 Å². The summed E-state index contributed by atoms with van der Waals surface area (Å²) in [5, 5.41) is 9.26. The van der Waals surface area contributed by atoms with Gasteiger partial charge < -0.3 is 38.6 Å². The molecule has 2 aromatic carbocycles. The largest absolute Gasteiger partial charge is 0.481 e. The Morgan fingerprint density at radius 2 is 0.910 bits per heavy atom. The molecule has 0 aliphatic heterocycles. The van der Waals surface area contributed by atoms with E-state index in [-0.39, 0.29) is 93.8 Å². The number of aliphatic carboxylic acids is 1. The summed E-state index contributed by atoms with van der Waals surface area (Å²) in [4.78, 5) is 79.2. The number of benzene rings is 2. The monoisotopic (exact) mass is 943 g/mol. The molecule has 0 aliphatic rings. The first-order chi connectivity index (χ1) is 30.9. The molecule has 14 nitrogen and oxygen atoms in total. The summed E-state index contributed by atoms with van der Waals surface area (Å²) >= 11 is 0. The molecule has 0 bridgehead atoms. The molecular formula is C53H86N2O12. The average Bonchev–Trinajstić information content (AvgIpc) is 3.27. The number of esters is 3. The number of hydrogen-bond donors (Lipinski definition) is 1. The molecule has 0 aromatic heterocycles. The maximum atomic E-state index is 13.6. The molecular weight excluding hydrogens is 857 g/mol. The van der Waals surface area contributed by atoms with Crippen LogP contribution < -0.4 is 0 Å². The van der Waals surface area contributed by atoms with Crippen molar-refractivity contribution in [1.29, 1.82) is 0 Å². The highest BCUT2D eigenvalue weighted by Gasteiger charge is 2.40. The molecule has 0 spiro atoms. The smallest absolute Gasteiger partial charge is 0.309 e. The molecule has 0 saturated heterocycles. The number of carboxylic acids is 1. The van der Waals surface area contributed by atoms with E-state index in [1.54, 1.807) is 31.0 Å². The Kier molecular flexibility index (Phi) is 29.0. The predicted octanol–water partition coefficient (Wildman–Crippen LogP) is 9.40. The molecule has 1 N–H and O–H groups in total. The van der Waals surface area contributed by atoms with E-state index in [9.17, 15) is 33.9 Å². The van der Waals surface area contributed by atoms with Gasteiger partial charge in [0.25, 0.3) is 0 Å². The third-order valence-corrected chi connectivity index (χ3v) is 12.1. The van der Waals surface area contributed by atoms with Crippen molar-refractivity contribution in [3.05, 3.63) is 71.8 Å². The first-order valence-corrected chi connectivity index (χ1v) is 23.3. The number of carbonyl (C=O) groups excluding carboxylic acids is 5. The molecule has 0 heterocycles. The van der Waals surface area contributed by atoms with E-state index in [1.165, 1.54) is 7.11 Å². The van der Waals surface area contributed by atoms with Gasteiger partial charge in [-0.3, -0.25) is 28.8 Å². The molecule has 67 heavy (non-hydrogen) atoms. The molecule has 0 saturated carbocycles. The van der Waals surface area contributed by atoms with Crippen molar-refractivity contribution >= 4 is 35.7 Å². The van der Waals surface area contributed by atoms with Crippen LogP contribution in [0.1, 0.15) is 133 Å².